The van der Waals surface area contributed by atoms with Crippen molar-refractivity contribution in [3.63, 3.8) is 0 Å². The van der Waals surface area contributed by atoms with Crippen LogP contribution in [-0.2, 0) is 9.53 Å². The molecule has 0 saturated carbocycles. The number of carbonyl (C=O) groups is 2. The molecule has 1 aromatic heterocycles. The molecule has 0 bridgehead atoms. The molecule has 1 heterocycles. The zero-order valence-electron chi connectivity index (χ0n) is 15.8. The normalized spacial score (nSPS) is 9.68. The van der Waals surface area contributed by atoms with Crippen LogP contribution in [-0.4, -0.2) is 30.5 Å². The number of methoxy groups -OCH3 is 1. The fourth-order valence-electron chi connectivity index (χ4n) is 2.37. The highest BCUT2D eigenvalue weighted by Crippen LogP contribution is 2.25. The molecule has 1 N–H and O–H groups in total. The number of aromatic nitrogens is 1. The Kier molecular flexibility index (Phi) is 7.79. The zero-order valence-corrected chi connectivity index (χ0v) is 15.8. The fraction of sp³-hybridized carbons (Fsp3) is 0.350. The molecule has 2 aromatic rings. The minimum Gasteiger partial charge on any atom is -0.468 e. The van der Waals surface area contributed by atoms with E-state index in [2.05, 4.69) is 15.0 Å². The van der Waals surface area contributed by atoms with Crippen LogP contribution in [0.3, 0.4) is 0 Å². The van der Waals surface area contributed by atoms with Gasteiger partial charge in [0.25, 0.3) is 5.91 Å². The Bertz CT molecular complexity index is 755. The maximum atomic E-state index is 12.3. The van der Waals surface area contributed by atoms with Gasteiger partial charge in [-0.2, -0.15) is 0 Å². The number of nitrogens with one attached hydrogen (secondary N) is 1. The first-order valence-electron chi connectivity index (χ1n) is 8.32. The Labute approximate surface area is 149 Å². The second-order valence-electron chi connectivity index (χ2n) is 5.41. The van der Waals surface area contributed by atoms with E-state index >= 15 is 0 Å². The van der Waals surface area contributed by atoms with Gasteiger partial charge in [0.15, 0.2) is 0 Å². The lowest BCUT2D eigenvalue weighted by atomic mass is 9.99. The predicted octanol–water partition coefficient (Wildman–Crippen LogP) is 3.60. The molecule has 5 nitrogen and oxygen atoms in total. The van der Waals surface area contributed by atoms with Crippen molar-refractivity contribution >= 4 is 11.9 Å². The van der Waals surface area contributed by atoms with Crippen molar-refractivity contribution in [2.75, 3.05) is 13.7 Å². The molecule has 1 aromatic carbocycles. The van der Waals surface area contributed by atoms with Gasteiger partial charge in [-0.3, -0.25) is 14.6 Å². The first-order chi connectivity index (χ1) is 11.9. The van der Waals surface area contributed by atoms with E-state index in [1.807, 2.05) is 58.9 Å². The van der Waals surface area contributed by atoms with Crippen LogP contribution in [0.1, 0.15) is 41.0 Å². The van der Waals surface area contributed by atoms with Crippen molar-refractivity contribution < 1.29 is 14.3 Å². The highest BCUT2D eigenvalue weighted by molar-refractivity contribution is 5.98. The van der Waals surface area contributed by atoms with Crippen molar-refractivity contribution in [2.45, 2.75) is 34.6 Å². The van der Waals surface area contributed by atoms with Gasteiger partial charge in [0.05, 0.1) is 12.8 Å². The number of esters is 1. The third-order valence-corrected chi connectivity index (χ3v) is 3.56. The molecule has 134 valence electrons. The van der Waals surface area contributed by atoms with Crippen LogP contribution in [0.2, 0.25) is 0 Å². The molecule has 0 spiro atoms. The largest absolute Gasteiger partial charge is 0.468 e. The summed E-state index contributed by atoms with van der Waals surface area (Å²) in [5.41, 5.74) is 4.91. The molecule has 25 heavy (non-hydrogen) atoms. The number of hydrogen-bond donors (Lipinski definition) is 1. The number of amides is 1. The van der Waals surface area contributed by atoms with Gasteiger partial charge in [-0.15, -0.1) is 0 Å². The van der Waals surface area contributed by atoms with Crippen molar-refractivity contribution in [2.24, 2.45) is 0 Å². The number of benzene rings is 1. The van der Waals surface area contributed by atoms with Gasteiger partial charge in [0.2, 0.25) is 0 Å². The number of nitrogens with zero attached hydrogens (tertiary/aromatic N) is 1. The van der Waals surface area contributed by atoms with Crippen molar-refractivity contribution in [3.8, 4) is 11.3 Å². The standard InChI is InChI=1S/C18H20N2O3.C2H6/c1-11-6-5-7-14(8-11)17-13(3)15(9-12(2)20-17)18(22)19-10-16(21)23-4;1-2/h5-9H,10H2,1-4H3,(H,19,22);1-2H3. The summed E-state index contributed by atoms with van der Waals surface area (Å²) < 4.78 is 4.53. The molecule has 0 fully saturated rings. The van der Waals surface area contributed by atoms with Gasteiger partial charge in [-0.25, -0.2) is 0 Å². The molecule has 0 unspecified atom stereocenters. The predicted molar refractivity (Wildman–Crippen MR) is 99.6 cm³/mol. The van der Waals surface area contributed by atoms with Gasteiger partial charge in [0, 0.05) is 16.8 Å². The highest BCUT2D eigenvalue weighted by Gasteiger charge is 2.16. The maximum absolute atomic E-state index is 12.3. The molecule has 1 amide bonds. The second-order valence-corrected chi connectivity index (χ2v) is 5.41. The third-order valence-electron chi connectivity index (χ3n) is 3.56. The molecule has 0 aliphatic carbocycles. The first-order valence-corrected chi connectivity index (χ1v) is 8.32. The van der Waals surface area contributed by atoms with E-state index < -0.39 is 5.97 Å². The van der Waals surface area contributed by atoms with E-state index in [1.54, 1.807) is 6.07 Å². The second kappa shape index (κ2) is 9.57. The SMILES string of the molecule is CC.COC(=O)CNC(=O)c1cc(C)nc(-c2cccc(C)c2)c1C. The summed E-state index contributed by atoms with van der Waals surface area (Å²) in [5, 5.41) is 2.57. The topological polar surface area (TPSA) is 68.3 Å². The van der Waals surface area contributed by atoms with Crippen LogP contribution in [0.15, 0.2) is 30.3 Å². The number of ether oxygens (including phenoxy) is 1. The summed E-state index contributed by atoms with van der Waals surface area (Å²) in [6.45, 7) is 9.56. The van der Waals surface area contributed by atoms with E-state index in [-0.39, 0.29) is 12.5 Å². The van der Waals surface area contributed by atoms with Gasteiger partial charge >= 0.3 is 5.97 Å². The van der Waals surface area contributed by atoms with Crippen LogP contribution in [0.5, 0.6) is 0 Å². The molecule has 5 heteroatoms. The molecule has 2 rings (SSSR count). The van der Waals surface area contributed by atoms with Crippen LogP contribution in [0.25, 0.3) is 11.3 Å². The van der Waals surface area contributed by atoms with Crippen molar-refractivity contribution in [3.05, 3.63) is 52.7 Å². The Hall–Kier alpha value is -2.69. The van der Waals surface area contributed by atoms with E-state index in [0.29, 0.717) is 5.56 Å². The first kappa shape index (κ1) is 20.4. The monoisotopic (exact) mass is 342 g/mol. The van der Waals surface area contributed by atoms with Crippen molar-refractivity contribution in [1.29, 1.82) is 0 Å². The maximum Gasteiger partial charge on any atom is 0.325 e. The molecule has 0 aliphatic heterocycles. The average Bonchev–Trinajstić information content (AvgIpc) is 2.62. The average molecular weight is 342 g/mol. The van der Waals surface area contributed by atoms with E-state index in [1.165, 1.54) is 7.11 Å². The van der Waals surface area contributed by atoms with Gasteiger partial charge in [-0.1, -0.05) is 37.6 Å². The lowest BCUT2D eigenvalue weighted by Gasteiger charge is -2.13. The minimum atomic E-state index is -0.485. The Morgan fingerprint density at radius 1 is 1.12 bits per heavy atom. The molecule has 0 saturated heterocycles. The summed E-state index contributed by atoms with van der Waals surface area (Å²) in [4.78, 5) is 28.1. The third kappa shape index (κ3) is 5.41. The lowest BCUT2D eigenvalue weighted by molar-refractivity contribution is -0.139. The smallest absolute Gasteiger partial charge is 0.325 e. The van der Waals surface area contributed by atoms with Crippen LogP contribution in [0, 0.1) is 20.8 Å². The summed E-state index contributed by atoms with van der Waals surface area (Å²) in [6, 6.07) is 9.70. The minimum absolute atomic E-state index is 0.157. The molecular formula is C20H26N2O3. The Morgan fingerprint density at radius 3 is 2.40 bits per heavy atom. The number of hydrogen-bond acceptors (Lipinski definition) is 4. The Balaban J connectivity index is 0.00000151. The van der Waals surface area contributed by atoms with Gasteiger partial charge in [0.1, 0.15) is 6.54 Å². The Morgan fingerprint density at radius 2 is 1.80 bits per heavy atom. The fourth-order valence-corrected chi connectivity index (χ4v) is 2.37. The molecule has 0 radical (unpaired) electrons. The zero-order chi connectivity index (χ0) is 19.0. The number of aryl methyl sites for hydroxylation is 2. The number of pyridine rings is 1. The van der Waals surface area contributed by atoms with Crippen LogP contribution >= 0.6 is 0 Å². The quantitative estimate of drug-likeness (QED) is 0.862. The van der Waals surface area contributed by atoms with Gasteiger partial charge in [-0.05, 0) is 38.5 Å². The van der Waals surface area contributed by atoms with Crippen molar-refractivity contribution in [1.82, 2.24) is 10.3 Å². The lowest BCUT2D eigenvalue weighted by Crippen LogP contribution is -2.30. The van der Waals surface area contributed by atoms with E-state index in [9.17, 15) is 9.59 Å². The summed E-state index contributed by atoms with van der Waals surface area (Å²) >= 11 is 0. The summed E-state index contributed by atoms with van der Waals surface area (Å²) in [7, 11) is 1.28. The molecule has 0 aliphatic rings. The van der Waals surface area contributed by atoms with E-state index in [4.69, 9.17) is 0 Å². The summed E-state index contributed by atoms with van der Waals surface area (Å²) in [6.07, 6.45) is 0. The van der Waals surface area contributed by atoms with Crippen LogP contribution < -0.4 is 5.32 Å². The highest BCUT2D eigenvalue weighted by atomic mass is 16.5. The summed E-state index contributed by atoms with van der Waals surface area (Å²) in [5.74, 6) is -0.798. The molecular weight excluding hydrogens is 316 g/mol. The van der Waals surface area contributed by atoms with E-state index in [0.717, 1.165) is 28.1 Å². The van der Waals surface area contributed by atoms with Gasteiger partial charge < -0.3 is 10.1 Å². The number of rotatable bonds is 4. The number of carbonyl (C=O) groups excluding carboxylic acids is 2. The van der Waals surface area contributed by atoms with Crippen LogP contribution in [0.4, 0.5) is 0 Å². The molecule has 0 atom stereocenters.